The number of hydrogen-bond donors (Lipinski definition) is 0. The number of hydrogen-bond acceptors (Lipinski definition) is 3. The summed E-state index contributed by atoms with van der Waals surface area (Å²) < 4.78 is 19.1. The van der Waals surface area contributed by atoms with Crippen LogP contribution in [0, 0.1) is 15.9 Å². The molecule has 0 amide bonds. The van der Waals surface area contributed by atoms with Gasteiger partial charge in [0.15, 0.2) is 0 Å². The second-order valence-corrected chi connectivity index (χ2v) is 5.28. The first kappa shape index (κ1) is 14.7. The van der Waals surface area contributed by atoms with Crippen molar-refractivity contribution in [3.63, 3.8) is 0 Å². The lowest BCUT2D eigenvalue weighted by Gasteiger charge is -2.08. The van der Waals surface area contributed by atoms with E-state index in [1.165, 1.54) is 30.3 Å². The van der Waals surface area contributed by atoms with E-state index in [9.17, 15) is 14.5 Å². The first-order chi connectivity index (χ1) is 9.45. The summed E-state index contributed by atoms with van der Waals surface area (Å²) in [5.41, 5.74) is 0.229. The van der Waals surface area contributed by atoms with Gasteiger partial charge in [-0.05, 0) is 24.3 Å². The van der Waals surface area contributed by atoms with Crippen LogP contribution in [0.25, 0.3) is 0 Å². The van der Waals surface area contributed by atoms with Crippen molar-refractivity contribution in [1.29, 1.82) is 0 Å². The molecule has 4 nitrogen and oxygen atoms in total. The van der Waals surface area contributed by atoms with E-state index in [1.54, 1.807) is 6.07 Å². The fourth-order valence-corrected chi connectivity index (χ4v) is 2.26. The minimum absolute atomic E-state index is 0.0766. The molecule has 0 N–H and O–H groups in total. The molecule has 0 spiro atoms. The minimum Gasteiger partial charge on any atom is -0.488 e. The van der Waals surface area contributed by atoms with Crippen LogP contribution in [0.3, 0.4) is 0 Å². The van der Waals surface area contributed by atoms with E-state index in [0.717, 1.165) is 0 Å². The number of ether oxygens (including phenoxy) is 1. The largest absolute Gasteiger partial charge is 0.488 e. The SMILES string of the molecule is O=[N+]([O-])c1ccc(Cl)cc1COc1cc(F)cc(Br)c1. The van der Waals surface area contributed by atoms with Gasteiger partial charge >= 0.3 is 0 Å². The average molecular weight is 361 g/mol. The Labute approximate surface area is 127 Å². The fourth-order valence-electron chi connectivity index (χ4n) is 1.62. The van der Waals surface area contributed by atoms with E-state index < -0.39 is 10.7 Å². The molecule has 0 heterocycles. The van der Waals surface area contributed by atoms with Crippen molar-refractivity contribution in [1.82, 2.24) is 0 Å². The van der Waals surface area contributed by atoms with Crippen LogP contribution in [0.2, 0.25) is 5.02 Å². The Bertz CT molecular complexity index is 646. The van der Waals surface area contributed by atoms with Gasteiger partial charge in [0, 0.05) is 21.6 Å². The van der Waals surface area contributed by atoms with Crippen molar-refractivity contribution >= 4 is 33.2 Å². The van der Waals surface area contributed by atoms with Crippen LogP contribution in [0.5, 0.6) is 5.75 Å². The Hall–Kier alpha value is -1.66. The zero-order chi connectivity index (χ0) is 14.7. The molecule has 2 rings (SSSR count). The third kappa shape index (κ3) is 3.68. The summed E-state index contributed by atoms with van der Waals surface area (Å²) in [6.45, 7) is -0.0766. The van der Waals surface area contributed by atoms with Gasteiger partial charge in [-0.1, -0.05) is 27.5 Å². The van der Waals surface area contributed by atoms with E-state index in [-0.39, 0.29) is 18.0 Å². The van der Waals surface area contributed by atoms with E-state index in [1.807, 2.05) is 0 Å². The lowest BCUT2D eigenvalue weighted by atomic mass is 10.2. The first-order valence-corrected chi connectivity index (χ1v) is 6.64. The average Bonchev–Trinajstić information content (AvgIpc) is 2.35. The zero-order valence-electron chi connectivity index (χ0n) is 9.98. The summed E-state index contributed by atoms with van der Waals surface area (Å²) in [6.07, 6.45) is 0. The maximum Gasteiger partial charge on any atom is 0.276 e. The minimum atomic E-state index is -0.517. The van der Waals surface area contributed by atoms with Crippen LogP contribution in [0.4, 0.5) is 10.1 Å². The molecular formula is C13H8BrClFNO3. The highest BCUT2D eigenvalue weighted by Gasteiger charge is 2.14. The van der Waals surface area contributed by atoms with Crippen molar-refractivity contribution < 1.29 is 14.1 Å². The molecule has 0 aromatic heterocycles. The predicted octanol–water partition coefficient (Wildman–Crippen LogP) is 4.73. The third-order valence-electron chi connectivity index (χ3n) is 2.47. The summed E-state index contributed by atoms with van der Waals surface area (Å²) in [5.74, 6) is -0.193. The number of halogens is 3. The Morgan fingerprint density at radius 3 is 2.70 bits per heavy atom. The van der Waals surface area contributed by atoms with Crippen LogP contribution in [-0.2, 0) is 6.61 Å². The quantitative estimate of drug-likeness (QED) is 0.585. The molecule has 0 fully saturated rings. The third-order valence-corrected chi connectivity index (χ3v) is 3.16. The Morgan fingerprint density at radius 2 is 2.05 bits per heavy atom. The summed E-state index contributed by atoms with van der Waals surface area (Å²) in [5, 5.41) is 11.3. The molecule has 0 saturated carbocycles. The van der Waals surface area contributed by atoms with Crippen molar-refractivity contribution in [3.8, 4) is 5.75 Å². The van der Waals surface area contributed by atoms with E-state index in [0.29, 0.717) is 15.1 Å². The molecule has 0 saturated heterocycles. The van der Waals surface area contributed by atoms with Crippen molar-refractivity contribution in [2.75, 3.05) is 0 Å². The summed E-state index contributed by atoms with van der Waals surface area (Å²) >= 11 is 8.95. The van der Waals surface area contributed by atoms with E-state index >= 15 is 0 Å². The lowest BCUT2D eigenvalue weighted by molar-refractivity contribution is -0.385. The van der Waals surface area contributed by atoms with Crippen molar-refractivity contribution in [2.24, 2.45) is 0 Å². The number of rotatable bonds is 4. The summed E-state index contributed by atoms with van der Waals surface area (Å²) in [4.78, 5) is 10.4. The Morgan fingerprint density at radius 1 is 1.30 bits per heavy atom. The Balaban J connectivity index is 2.22. The topological polar surface area (TPSA) is 52.4 Å². The monoisotopic (exact) mass is 359 g/mol. The number of nitro groups is 1. The standard InChI is InChI=1S/C13H8BrClFNO3/c14-9-4-11(16)6-12(5-9)20-7-8-3-10(15)1-2-13(8)17(18)19/h1-6H,7H2. The molecule has 0 unspecified atom stereocenters. The Kier molecular flexibility index (Phi) is 4.57. The first-order valence-electron chi connectivity index (χ1n) is 5.47. The van der Waals surface area contributed by atoms with Gasteiger partial charge in [-0.2, -0.15) is 0 Å². The zero-order valence-corrected chi connectivity index (χ0v) is 12.3. The molecule has 7 heteroatoms. The van der Waals surface area contributed by atoms with Crippen LogP contribution in [0.15, 0.2) is 40.9 Å². The van der Waals surface area contributed by atoms with Gasteiger partial charge in [0.2, 0.25) is 0 Å². The van der Waals surface area contributed by atoms with Gasteiger partial charge < -0.3 is 4.74 Å². The molecule has 0 atom stereocenters. The number of nitrogens with zero attached hydrogens (tertiary/aromatic N) is 1. The molecule has 104 valence electrons. The molecular weight excluding hydrogens is 353 g/mol. The van der Waals surface area contributed by atoms with Gasteiger partial charge in [-0.3, -0.25) is 10.1 Å². The second-order valence-electron chi connectivity index (χ2n) is 3.92. The smallest absolute Gasteiger partial charge is 0.276 e. The highest BCUT2D eigenvalue weighted by molar-refractivity contribution is 9.10. The molecule has 2 aromatic rings. The van der Waals surface area contributed by atoms with E-state index in [4.69, 9.17) is 16.3 Å². The van der Waals surface area contributed by atoms with Crippen molar-refractivity contribution in [2.45, 2.75) is 6.61 Å². The molecule has 20 heavy (non-hydrogen) atoms. The summed E-state index contributed by atoms with van der Waals surface area (Å²) in [6, 6.07) is 8.24. The van der Waals surface area contributed by atoms with Gasteiger partial charge in [0.25, 0.3) is 5.69 Å². The maximum absolute atomic E-state index is 13.2. The summed E-state index contributed by atoms with van der Waals surface area (Å²) in [7, 11) is 0. The molecule has 0 aliphatic rings. The maximum atomic E-state index is 13.2. The van der Waals surface area contributed by atoms with Gasteiger partial charge in [-0.25, -0.2) is 4.39 Å². The number of benzene rings is 2. The molecule has 2 aromatic carbocycles. The number of nitro benzene ring substituents is 1. The van der Waals surface area contributed by atoms with Crippen LogP contribution in [0.1, 0.15) is 5.56 Å². The van der Waals surface area contributed by atoms with E-state index in [2.05, 4.69) is 15.9 Å². The fraction of sp³-hybridized carbons (Fsp3) is 0.0769. The van der Waals surface area contributed by atoms with Crippen LogP contribution >= 0.6 is 27.5 Å². The van der Waals surface area contributed by atoms with Crippen LogP contribution in [-0.4, -0.2) is 4.92 Å². The van der Waals surface area contributed by atoms with Crippen LogP contribution < -0.4 is 4.74 Å². The normalized spacial score (nSPS) is 10.3. The van der Waals surface area contributed by atoms with Gasteiger partial charge in [0.1, 0.15) is 18.2 Å². The van der Waals surface area contributed by atoms with Crippen molar-refractivity contribution in [3.05, 3.63) is 67.4 Å². The lowest BCUT2D eigenvalue weighted by Crippen LogP contribution is -2.01. The molecule has 0 aliphatic carbocycles. The predicted molar refractivity (Wildman–Crippen MR) is 76.5 cm³/mol. The van der Waals surface area contributed by atoms with Gasteiger partial charge in [-0.15, -0.1) is 0 Å². The van der Waals surface area contributed by atoms with Gasteiger partial charge in [0.05, 0.1) is 10.5 Å². The molecule has 0 radical (unpaired) electrons. The molecule has 0 bridgehead atoms. The second kappa shape index (κ2) is 6.19. The highest BCUT2D eigenvalue weighted by atomic mass is 79.9. The molecule has 0 aliphatic heterocycles. The highest BCUT2D eigenvalue weighted by Crippen LogP contribution is 2.26.